The fourth-order valence-electron chi connectivity index (χ4n) is 9.36. The molecule has 0 bridgehead atoms. The molecule has 3 heterocycles. The molecule has 1 aromatic heterocycles. The molecular formula is C48H38BNOS. The summed E-state index contributed by atoms with van der Waals surface area (Å²) in [5, 5.41) is 2.58. The number of fused-ring (bicyclic) bond motifs is 8. The Labute approximate surface area is 310 Å². The fourth-order valence-corrected chi connectivity index (χ4v) is 10.5. The van der Waals surface area contributed by atoms with E-state index in [1.165, 1.54) is 98.0 Å². The Morgan fingerprint density at radius 3 is 1.88 bits per heavy atom. The highest BCUT2D eigenvalue weighted by molar-refractivity contribution is 7.26. The van der Waals surface area contributed by atoms with Crippen molar-refractivity contribution in [2.24, 2.45) is 0 Å². The Hall–Kier alpha value is -5.58. The van der Waals surface area contributed by atoms with E-state index in [0.717, 1.165) is 22.7 Å². The molecule has 0 radical (unpaired) electrons. The second kappa shape index (κ2) is 11.5. The van der Waals surface area contributed by atoms with Gasteiger partial charge in [-0.15, -0.1) is 11.3 Å². The number of aryl methyl sites for hydroxylation is 6. The highest BCUT2D eigenvalue weighted by Crippen LogP contribution is 2.50. The Morgan fingerprint density at radius 2 is 1.17 bits per heavy atom. The molecule has 0 amide bonds. The topological polar surface area (TPSA) is 12.5 Å². The number of para-hydroxylation sites is 1. The average Bonchev–Trinajstić information content (AvgIpc) is 3.50. The zero-order valence-electron chi connectivity index (χ0n) is 30.4. The van der Waals surface area contributed by atoms with E-state index in [2.05, 4.69) is 168 Å². The minimum Gasteiger partial charge on any atom is -0.551 e. The molecule has 2 nitrogen and oxygen atoms in total. The molecule has 4 heteroatoms. The lowest BCUT2D eigenvalue weighted by atomic mass is 9.49. The van der Waals surface area contributed by atoms with Gasteiger partial charge in [0.15, 0.2) is 0 Å². The molecule has 0 aliphatic carbocycles. The summed E-state index contributed by atoms with van der Waals surface area (Å²) < 4.78 is 9.74. The molecule has 2 aliphatic rings. The highest BCUT2D eigenvalue weighted by atomic mass is 32.1. The van der Waals surface area contributed by atoms with Gasteiger partial charge in [0.2, 0.25) is 0 Å². The Kier molecular flexibility index (Phi) is 6.88. The van der Waals surface area contributed by atoms with Crippen LogP contribution in [-0.2, 0) is 0 Å². The van der Waals surface area contributed by atoms with E-state index >= 15 is 0 Å². The third-order valence-corrected chi connectivity index (χ3v) is 12.3. The first kappa shape index (κ1) is 31.2. The number of nitrogens with zero attached hydrogens (tertiary/aromatic N) is 1. The summed E-state index contributed by atoms with van der Waals surface area (Å²) in [5.41, 5.74) is 21.3. The zero-order valence-corrected chi connectivity index (χ0v) is 31.2. The van der Waals surface area contributed by atoms with Gasteiger partial charge in [-0.25, -0.2) is 0 Å². The van der Waals surface area contributed by atoms with E-state index in [1.807, 2.05) is 11.3 Å². The summed E-state index contributed by atoms with van der Waals surface area (Å²) in [7, 11) is 0. The number of hydrogen-bond donors (Lipinski definition) is 0. The summed E-state index contributed by atoms with van der Waals surface area (Å²) in [6.07, 6.45) is 0. The molecule has 0 spiro atoms. The van der Waals surface area contributed by atoms with Crippen molar-refractivity contribution in [2.45, 2.75) is 41.5 Å². The Balaban J connectivity index is 1.28. The van der Waals surface area contributed by atoms with Crippen LogP contribution in [0.25, 0.3) is 53.6 Å². The third kappa shape index (κ3) is 4.57. The number of thiophene rings is 1. The summed E-state index contributed by atoms with van der Waals surface area (Å²) in [6, 6.07) is 45.4. The SMILES string of the molecule is Cc1cc(C)c(-c2ccc(N3c4ccc(-c5c(C)cc(C)cc5C)cc4B4Oc5ccccc5-c5cc6sc7ccccc7c6c3c54)cc2)c(C)c1. The van der Waals surface area contributed by atoms with Gasteiger partial charge in [0.1, 0.15) is 5.75 Å². The first-order valence-corrected chi connectivity index (χ1v) is 19.0. The predicted molar refractivity (Wildman–Crippen MR) is 224 cm³/mol. The molecule has 0 saturated heterocycles. The molecule has 0 saturated carbocycles. The minimum atomic E-state index is -0.252. The minimum absolute atomic E-state index is 0.252. The van der Waals surface area contributed by atoms with Crippen LogP contribution in [0.1, 0.15) is 33.4 Å². The standard InChI is InChI=1S/C48H38BNOS/c1-27-21-29(3)44(30(4)22-27)33-15-18-35(19-16-33)50-40-20-17-34(45-31(5)23-28(2)24-32(45)6)25-39(40)49-47-38(36-11-7-9-13-41(36)51-49)26-43-46(48(47)50)37-12-8-10-14-42(37)52-43/h7-26H,1-6H3. The largest absolute Gasteiger partial charge is 0.551 e. The zero-order chi connectivity index (χ0) is 35.4. The summed E-state index contributed by atoms with van der Waals surface area (Å²) in [4.78, 5) is 2.53. The van der Waals surface area contributed by atoms with Crippen molar-refractivity contribution in [2.75, 3.05) is 4.90 Å². The summed E-state index contributed by atoms with van der Waals surface area (Å²) >= 11 is 1.88. The lowest BCUT2D eigenvalue weighted by Gasteiger charge is -2.40. The van der Waals surface area contributed by atoms with Crippen LogP contribution < -0.4 is 20.5 Å². The van der Waals surface area contributed by atoms with Gasteiger partial charge >= 0.3 is 6.92 Å². The maximum Gasteiger partial charge on any atom is 0.431 e. The summed E-state index contributed by atoms with van der Waals surface area (Å²) in [6.45, 7) is 13.0. The quantitative estimate of drug-likeness (QED) is 0.171. The normalized spacial score (nSPS) is 12.9. The molecule has 0 atom stereocenters. The second-order valence-corrected chi connectivity index (χ2v) is 15.9. The molecular weight excluding hydrogens is 649 g/mol. The molecule has 0 N–H and O–H groups in total. The summed E-state index contributed by atoms with van der Waals surface area (Å²) in [5.74, 6) is 0.937. The van der Waals surface area contributed by atoms with E-state index in [4.69, 9.17) is 4.65 Å². The van der Waals surface area contributed by atoms with Crippen LogP contribution in [0.5, 0.6) is 5.75 Å². The first-order valence-electron chi connectivity index (χ1n) is 18.2. The van der Waals surface area contributed by atoms with Crippen molar-refractivity contribution in [1.82, 2.24) is 0 Å². The maximum absolute atomic E-state index is 7.15. The van der Waals surface area contributed by atoms with Crippen molar-refractivity contribution in [1.29, 1.82) is 0 Å². The molecule has 10 rings (SSSR count). The van der Waals surface area contributed by atoms with Gasteiger partial charge in [-0.05, 0) is 133 Å². The van der Waals surface area contributed by atoms with E-state index in [1.54, 1.807) is 0 Å². The molecule has 0 fully saturated rings. The van der Waals surface area contributed by atoms with Gasteiger partial charge < -0.3 is 9.55 Å². The third-order valence-electron chi connectivity index (χ3n) is 11.2. The van der Waals surface area contributed by atoms with E-state index in [0.29, 0.717) is 0 Å². The average molecular weight is 688 g/mol. The van der Waals surface area contributed by atoms with Gasteiger partial charge in [0.25, 0.3) is 0 Å². The van der Waals surface area contributed by atoms with Crippen LogP contribution >= 0.6 is 11.3 Å². The van der Waals surface area contributed by atoms with Crippen molar-refractivity contribution in [3.63, 3.8) is 0 Å². The molecule has 8 aromatic rings. The van der Waals surface area contributed by atoms with Crippen LogP contribution in [-0.4, -0.2) is 6.92 Å². The Bertz CT molecular complexity index is 2750. The fraction of sp³-hybridized carbons (Fsp3) is 0.125. The van der Waals surface area contributed by atoms with Crippen LogP contribution in [0.15, 0.2) is 121 Å². The number of benzene rings is 7. The van der Waals surface area contributed by atoms with Crippen LogP contribution in [0.3, 0.4) is 0 Å². The lowest BCUT2D eigenvalue weighted by molar-refractivity contribution is 0.590. The molecule has 250 valence electrons. The van der Waals surface area contributed by atoms with Crippen molar-refractivity contribution >= 4 is 66.4 Å². The number of hydrogen-bond acceptors (Lipinski definition) is 3. The molecule has 0 unspecified atom stereocenters. The molecule has 52 heavy (non-hydrogen) atoms. The van der Waals surface area contributed by atoms with E-state index in [-0.39, 0.29) is 6.92 Å². The predicted octanol–water partition coefficient (Wildman–Crippen LogP) is 12.2. The van der Waals surface area contributed by atoms with Crippen molar-refractivity contribution < 1.29 is 4.65 Å². The molecule has 7 aromatic carbocycles. The van der Waals surface area contributed by atoms with Gasteiger partial charge in [0, 0.05) is 42.6 Å². The van der Waals surface area contributed by atoms with Crippen LogP contribution in [0.4, 0.5) is 17.1 Å². The van der Waals surface area contributed by atoms with Crippen LogP contribution in [0, 0.1) is 41.5 Å². The number of anilines is 3. The van der Waals surface area contributed by atoms with E-state index < -0.39 is 0 Å². The monoisotopic (exact) mass is 687 g/mol. The van der Waals surface area contributed by atoms with E-state index in [9.17, 15) is 0 Å². The van der Waals surface area contributed by atoms with Crippen molar-refractivity contribution in [3.8, 4) is 39.1 Å². The van der Waals surface area contributed by atoms with Gasteiger partial charge in [-0.3, -0.25) is 0 Å². The first-order chi connectivity index (χ1) is 25.2. The van der Waals surface area contributed by atoms with Crippen molar-refractivity contribution in [3.05, 3.63) is 155 Å². The lowest BCUT2D eigenvalue weighted by Crippen LogP contribution is -2.56. The Morgan fingerprint density at radius 1 is 0.558 bits per heavy atom. The van der Waals surface area contributed by atoms with Gasteiger partial charge in [-0.2, -0.15) is 0 Å². The van der Waals surface area contributed by atoms with Crippen LogP contribution in [0.2, 0.25) is 0 Å². The van der Waals surface area contributed by atoms with Gasteiger partial charge in [-0.1, -0.05) is 96.1 Å². The highest BCUT2D eigenvalue weighted by Gasteiger charge is 2.44. The van der Waals surface area contributed by atoms with Gasteiger partial charge in [0.05, 0.1) is 5.69 Å². The maximum atomic E-state index is 7.15. The molecule has 2 aliphatic heterocycles. The second-order valence-electron chi connectivity index (χ2n) is 14.9. The number of rotatable bonds is 3. The smallest absolute Gasteiger partial charge is 0.431 e.